The molecule has 1 N–H and O–H groups in total. The van der Waals surface area contributed by atoms with Gasteiger partial charge in [-0.2, -0.15) is 0 Å². The number of piperidine rings is 1. The van der Waals surface area contributed by atoms with E-state index in [9.17, 15) is 4.79 Å². The molecule has 1 saturated heterocycles. The number of carbonyl (C=O) groups is 1. The van der Waals surface area contributed by atoms with Crippen molar-refractivity contribution in [1.29, 1.82) is 0 Å². The zero-order valence-corrected chi connectivity index (χ0v) is 15.6. The molecule has 0 saturated carbocycles. The maximum atomic E-state index is 12.5. The van der Waals surface area contributed by atoms with Crippen molar-refractivity contribution in [2.75, 3.05) is 32.1 Å². The summed E-state index contributed by atoms with van der Waals surface area (Å²) in [4.78, 5) is 18.8. The van der Waals surface area contributed by atoms with E-state index in [0.717, 1.165) is 50.3 Å². The number of likely N-dealkylation sites (tertiary alicyclic amines) is 1. The van der Waals surface area contributed by atoms with Crippen molar-refractivity contribution in [3.05, 3.63) is 53.9 Å². The number of ether oxygens (including phenoxy) is 1. The van der Waals surface area contributed by atoms with Crippen LogP contribution in [0.25, 0.3) is 0 Å². The summed E-state index contributed by atoms with van der Waals surface area (Å²) in [6.45, 7) is 4.69. The summed E-state index contributed by atoms with van der Waals surface area (Å²) in [5, 5.41) is 3.35. The number of hydrogen-bond donors (Lipinski definition) is 1. The van der Waals surface area contributed by atoms with E-state index < -0.39 is 0 Å². The third-order valence-corrected chi connectivity index (χ3v) is 4.97. The Morgan fingerprint density at radius 3 is 2.69 bits per heavy atom. The van der Waals surface area contributed by atoms with Crippen LogP contribution in [0, 0.1) is 5.92 Å². The summed E-state index contributed by atoms with van der Waals surface area (Å²) in [7, 11) is 1.69. The number of pyridine rings is 1. The van der Waals surface area contributed by atoms with E-state index in [1.807, 2.05) is 35.2 Å². The van der Waals surface area contributed by atoms with Gasteiger partial charge in [0.05, 0.1) is 19.0 Å². The van der Waals surface area contributed by atoms with Crippen LogP contribution in [0.2, 0.25) is 0 Å². The van der Waals surface area contributed by atoms with E-state index in [4.69, 9.17) is 4.74 Å². The first kappa shape index (κ1) is 18.2. The molecule has 5 nitrogen and oxygen atoms in total. The molecule has 0 radical (unpaired) electrons. The highest BCUT2D eigenvalue weighted by atomic mass is 16.5. The van der Waals surface area contributed by atoms with Gasteiger partial charge in [-0.25, -0.2) is 4.98 Å². The third-order valence-electron chi connectivity index (χ3n) is 4.97. The quantitative estimate of drug-likeness (QED) is 0.862. The monoisotopic (exact) mass is 353 g/mol. The molecule has 1 aromatic carbocycles. The van der Waals surface area contributed by atoms with Gasteiger partial charge in [0.2, 0.25) is 0 Å². The van der Waals surface area contributed by atoms with Gasteiger partial charge in [-0.1, -0.05) is 25.1 Å². The second kappa shape index (κ2) is 8.70. The minimum atomic E-state index is 0.0393. The highest BCUT2D eigenvalue weighted by molar-refractivity contribution is 5.92. The number of aromatic nitrogens is 1. The maximum absolute atomic E-state index is 12.5. The van der Waals surface area contributed by atoms with E-state index in [1.54, 1.807) is 13.3 Å². The molecule has 0 atom stereocenters. The van der Waals surface area contributed by atoms with Crippen LogP contribution in [-0.2, 0) is 6.42 Å². The molecule has 0 bridgehead atoms. The number of para-hydroxylation sites is 1. The second-order valence-corrected chi connectivity index (χ2v) is 6.90. The molecule has 1 aromatic heterocycles. The number of anilines is 1. The van der Waals surface area contributed by atoms with Gasteiger partial charge < -0.3 is 15.0 Å². The number of rotatable bonds is 6. The highest BCUT2D eigenvalue weighted by Gasteiger charge is 2.22. The van der Waals surface area contributed by atoms with Gasteiger partial charge in [-0.05, 0) is 48.9 Å². The van der Waals surface area contributed by atoms with E-state index in [0.29, 0.717) is 11.6 Å². The minimum Gasteiger partial charge on any atom is -0.496 e. The average molecular weight is 353 g/mol. The number of hydrogen-bond acceptors (Lipinski definition) is 4. The third kappa shape index (κ3) is 4.54. The van der Waals surface area contributed by atoms with Gasteiger partial charge in [0.1, 0.15) is 11.4 Å². The molecule has 1 aliphatic heterocycles. The molecule has 5 heteroatoms. The van der Waals surface area contributed by atoms with Crippen molar-refractivity contribution >= 4 is 11.6 Å². The molecular weight excluding hydrogens is 326 g/mol. The number of benzene rings is 1. The lowest BCUT2D eigenvalue weighted by Gasteiger charge is -2.30. The lowest BCUT2D eigenvalue weighted by atomic mass is 9.99. The minimum absolute atomic E-state index is 0.0393. The van der Waals surface area contributed by atoms with Crippen LogP contribution < -0.4 is 10.1 Å². The molecule has 1 aliphatic rings. The Hall–Kier alpha value is -2.56. The first-order chi connectivity index (χ1) is 12.7. The van der Waals surface area contributed by atoms with Crippen molar-refractivity contribution in [3.8, 4) is 5.75 Å². The fourth-order valence-electron chi connectivity index (χ4n) is 3.25. The van der Waals surface area contributed by atoms with Crippen molar-refractivity contribution in [3.63, 3.8) is 0 Å². The first-order valence-corrected chi connectivity index (χ1v) is 9.28. The lowest BCUT2D eigenvalue weighted by molar-refractivity contribution is 0.0691. The number of carbonyl (C=O) groups excluding carboxylic acids is 1. The molecule has 1 fully saturated rings. The average Bonchev–Trinajstić information content (AvgIpc) is 2.69. The van der Waals surface area contributed by atoms with E-state index in [-0.39, 0.29) is 5.91 Å². The Labute approximate surface area is 155 Å². The SMILES string of the molecule is COc1ccccc1CCNc1ccc(C(=O)N2CCC(C)CC2)nc1. The summed E-state index contributed by atoms with van der Waals surface area (Å²) in [6.07, 6.45) is 4.75. The van der Waals surface area contributed by atoms with Gasteiger partial charge in [0.15, 0.2) is 0 Å². The molecule has 26 heavy (non-hydrogen) atoms. The van der Waals surface area contributed by atoms with Crippen molar-refractivity contribution in [2.45, 2.75) is 26.2 Å². The van der Waals surface area contributed by atoms with Gasteiger partial charge in [0.25, 0.3) is 5.91 Å². The van der Waals surface area contributed by atoms with Crippen molar-refractivity contribution in [2.24, 2.45) is 5.92 Å². The van der Waals surface area contributed by atoms with Crippen LogP contribution >= 0.6 is 0 Å². The second-order valence-electron chi connectivity index (χ2n) is 6.90. The van der Waals surface area contributed by atoms with E-state index in [2.05, 4.69) is 23.3 Å². The molecule has 138 valence electrons. The molecule has 3 rings (SSSR count). The van der Waals surface area contributed by atoms with Crippen LogP contribution in [0.5, 0.6) is 5.75 Å². The molecule has 1 amide bonds. The van der Waals surface area contributed by atoms with E-state index in [1.165, 1.54) is 5.56 Å². The summed E-state index contributed by atoms with van der Waals surface area (Å²) in [5.74, 6) is 1.66. The topological polar surface area (TPSA) is 54.5 Å². The Kier molecular flexibility index (Phi) is 6.10. The van der Waals surface area contributed by atoms with Gasteiger partial charge in [-0.3, -0.25) is 4.79 Å². The van der Waals surface area contributed by atoms with Gasteiger partial charge in [-0.15, -0.1) is 0 Å². The molecule has 0 aliphatic carbocycles. The van der Waals surface area contributed by atoms with Crippen molar-refractivity contribution in [1.82, 2.24) is 9.88 Å². The lowest BCUT2D eigenvalue weighted by Crippen LogP contribution is -2.38. The smallest absolute Gasteiger partial charge is 0.272 e. The Bertz CT molecular complexity index is 722. The van der Waals surface area contributed by atoms with Crippen LogP contribution in [0.15, 0.2) is 42.6 Å². The van der Waals surface area contributed by atoms with Crippen LogP contribution in [0.3, 0.4) is 0 Å². The first-order valence-electron chi connectivity index (χ1n) is 9.28. The van der Waals surface area contributed by atoms with Crippen LogP contribution in [0.4, 0.5) is 5.69 Å². The Morgan fingerprint density at radius 2 is 2.00 bits per heavy atom. The zero-order chi connectivity index (χ0) is 18.4. The fourth-order valence-corrected chi connectivity index (χ4v) is 3.25. The number of nitrogens with zero attached hydrogens (tertiary/aromatic N) is 2. The highest BCUT2D eigenvalue weighted by Crippen LogP contribution is 2.19. The Morgan fingerprint density at radius 1 is 1.23 bits per heavy atom. The summed E-state index contributed by atoms with van der Waals surface area (Å²) >= 11 is 0. The molecule has 2 aromatic rings. The molecule has 0 unspecified atom stereocenters. The summed E-state index contributed by atoms with van der Waals surface area (Å²) in [6, 6.07) is 11.8. The van der Waals surface area contributed by atoms with Gasteiger partial charge in [0, 0.05) is 19.6 Å². The molecule has 2 heterocycles. The molecular formula is C21H27N3O2. The predicted octanol–water partition coefficient (Wildman–Crippen LogP) is 3.62. The normalized spacial score (nSPS) is 14.9. The largest absolute Gasteiger partial charge is 0.496 e. The predicted molar refractivity (Wildman–Crippen MR) is 104 cm³/mol. The van der Waals surface area contributed by atoms with Crippen molar-refractivity contribution < 1.29 is 9.53 Å². The maximum Gasteiger partial charge on any atom is 0.272 e. The standard InChI is InChI=1S/C21H27N3O2/c1-16-10-13-24(14-11-16)21(25)19-8-7-18(15-23-19)22-12-9-17-5-3-4-6-20(17)26-2/h3-8,15-16,22H,9-14H2,1-2H3. The van der Waals surface area contributed by atoms with Crippen LogP contribution in [-0.4, -0.2) is 42.5 Å². The Balaban J connectivity index is 1.52. The molecule has 0 spiro atoms. The fraction of sp³-hybridized carbons (Fsp3) is 0.429. The van der Waals surface area contributed by atoms with Crippen LogP contribution in [0.1, 0.15) is 35.8 Å². The number of methoxy groups -OCH3 is 1. The zero-order valence-electron chi connectivity index (χ0n) is 15.6. The summed E-state index contributed by atoms with van der Waals surface area (Å²) in [5.41, 5.74) is 2.61. The van der Waals surface area contributed by atoms with Gasteiger partial charge >= 0.3 is 0 Å². The number of nitrogens with one attached hydrogen (secondary N) is 1. The number of amides is 1. The summed E-state index contributed by atoms with van der Waals surface area (Å²) < 4.78 is 5.37. The van der Waals surface area contributed by atoms with E-state index >= 15 is 0 Å².